The molecule has 0 saturated carbocycles. The fourth-order valence-electron chi connectivity index (χ4n) is 1.50. The lowest BCUT2D eigenvalue weighted by atomic mass is 10.1. The SMILES string of the molecule is CC(CC(=O)O)NC(=O)Nc1ccc(CC#N)cc1. The van der Waals surface area contributed by atoms with Gasteiger partial charge < -0.3 is 15.7 Å². The number of carboxylic acid groups (broad SMARTS) is 1. The molecule has 2 amide bonds. The van der Waals surface area contributed by atoms with Gasteiger partial charge in [0.15, 0.2) is 0 Å². The Morgan fingerprint density at radius 1 is 1.37 bits per heavy atom. The Labute approximate surface area is 111 Å². The third-order valence-corrected chi connectivity index (χ3v) is 2.35. The number of nitrogens with one attached hydrogen (secondary N) is 2. The number of aliphatic carboxylic acids is 1. The molecule has 0 radical (unpaired) electrons. The molecule has 0 fully saturated rings. The van der Waals surface area contributed by atoms with Crippen molar-refractivity contribution < 1.29 is 14.7 Å². The van der Waals surface area contributed by atoms with Crippen molar-refractivity contribution in [1.82, 2.24) is 5.32 Å². The van der Waals surface area contributed by atoms with Gasteiger partial charge in [0.2, 0.25) is 0 Å². The van der Waals surface area contributed by atoms with Crippen LogP contribution in [-0.4, -0.2) is 23.1 Å². The molecule has 1 atom stereocenters. The molecular weight excluding hydrogens is 246 g/mol. The van der Waals surface area contributed by atoms with Gasteiger partial charge in [0.25, 0.3) is 0 Å². The number of carbonyl (C=O) groups excluding carboxylic acids is 1. The summed E-state index contributed by atoms with van der Waals surface area (Å²) in [7, 11) is 0. The molecule has 0 aliphatic heterocycles. The van der Waals surface area contributed by atoms with E-state index in [2.05, 4.69) is 10.6 Å². The number of hydrogen-bond acceptors (Lipinski definition) is 3. The van der Waals surface area contributed by atoms with Crippen LogP contribution in [0.4, 0.5) is 10.5 Å². The summed E-state index contributed by atoms with van der Waals surface area (Å²) in [6.07, 6.45) is 0.191. The molecule has 1 aromatic rings. The van der Waals surface area contributed by atoms with Crippen molar-refractivity contribution in [2.24, 2.45) is 0 Å². The number of carbonyl (C=O) groups is 2. The van der Waals surface area contributed by atoms with E-state index >= 15 is 0 Å². The van der Waals surface area contributed by atoms with Crippen LogP contribution in [0.1, 0.15) is 18.9 Å². The van der Waals surface area contributed by atoms with Gasteiger partial charge in [-0.1, -0.05) is 12.1 Å². The van der Waals surface area contributed by atoms with Crippen LogP contribution < -0.4 is 10.6 Å². The van der Waals surface area contributed by atoms with Crippen molar-refractivity contribution in [2.75, 3.05) is 5.32 Å². The molecule has 1 unspecified atom stereocenters. The molecule has 100 valence electrons. The number of urea groups is 1. The molecule has 0 heterocycles. The van der Waals surface area contributed by atoms with E-state index < -0.39 is 18.0 Å². The van der Waals surface area contributed by atoms with E-state index in [1.807, 2.05) is 6.07 Å². The lowest BCUT2D eigenvalue weighted by Crippen LogP contribution is -2.37. The Kier molecular flexibility index (Phi) is 5.35. The van der Waals surface area contributed by atoms with Crippen LogP contribution in [0, 0.1) is 11.3 Å². The number of rotatable bonds is 5. The highest BCUT2D eigenvalue weighted by Gasteiger charge is 2.10. The molecule has 6 nitrogen and oxygen atoms in total. The molecule has 1 rings (SSSR count). The van der Waals surface area contributed by atoms with Crippen molar-refractivity contribution in [1.29, 1.82) is 5.26 Å². The Bertz CT molecular complexity index is 491. The van der Waals surface area contributed by atoms with Gasteiger partial charge in [-0.25, -0.2) is 4.79 Å². The van der Waals surface area contributed by atoms with E-state index in [-0.39, 0.29) is 6.42 Å². The second-order valence-corrected chi connectivity index (χ2v) is 4.13. The Morgan fingerprint density at radius 2 is 2.00 bits per heavy atom. The highest BCUT2D eigenvalue weighted by atomic mass is 16.4. The number of nitrogens with zero attached hydrogens (tertiary/aromatic N) is 1. The summed E-state index contributed by atoms with van der Waals surface area (Å²) in [6, 6.07) is 8.00. The van der Waals surface area contributed by atoms with Gasteiger partial charge in [-0.3, -0.25) is 4.79 Å². The average molecular weight is 261 g/mol. The third-order valence-electron chi connectivity index (χ3n) is 2.35. The van der Waals surface area contributed by atoms with Crippen LogP contribution in [0.25, 0.3) is 0 Å². The maximum atomic E-state index is 11.5. The number of benzene rings is 1. The fourth-order valence-corrected chi connectivity index (χ4v) is 1.50. The first-order valence-electron chi connectivity index (χ1n) is 5.76. The number of anilines is 1. The van der Waals surface area contributed by atoms with Crippen molar-refractivity contribution in [3.05, 3.63) is 29.8 Å². The van der Waals surface area contributed by atoms with Crippen LogP contribution in [0.2, 0.25) is 0 Å². The van der Waals surface area contributed by atoms with Crippen LogP contribution in [0.15, 0.2) is 24.3 Å². The second-order valence-electron chi connectivity index (χ2n) is 4.13. The van der Waals surface area contributed by atoms with Gasteiger partial charge in [-0.2, -0.15) is 5.26 Å². The van der Waals surface area contributed by atoms with Gasteiger partial charge in [0.1, 0.15) is 0 Å². The minimum Gasteiger partial charge on any atom is -0.481 e. The van der Waals surface area contributed by atoms with Crippen LogP contribution in [-0.2, 0) is 11.2 Å². The maximum Gasteiger partial charge on any atom is 0.319 e. The predicted octanol–water partition coefficient (Wildman–Crippen LogP) is 1.74. The number of amides is 2. The van der Waals surface area contributed by atoms with Crippen molar-refractivity contribution in [2.45, 2.75) is 25.8 Å². The largest absolute Gasteiger partial charge is 0.481 e. The first kappa shape index (κ1) is 14.5. The molecule has 0 bridgehead atoms. The lowest BCUT2D eigenvalue weighted by Gasteiger charge is -2.12. The highest BCUT2D eigenvalue weighted by Crippen LogP contribution is 2.09. The molecule has 0 aliphatic carbocycles. The van der Waals surface area contributed by atoms with Crippen molar-refractivity contribution in [3.8, 4) is 6.07 Å². The third kappa shape index (κ3) is 5.55. The summed E-state index contributed by atoms with van der Waals surface area (Å²) in [5.41, 5.74) is 1.45. The first-order chi connectivity index (χ1) is 9.01. The summed E-state index contributed by atoms with van der Waals surface area (Å²) in [6.45, 7) is 1.61. The smallest absolute Gasteiger partial charge is 0.319 e. The number of hydrogen-bond donors (Lipinski definition) is 3. The molecule has 0 aliphatic rings. The minimum atomic E-state index is -0.964. The van der Waals surface area contributed by atoms with Gasteiger partial charge in [-0.15, -0.1) is 0 Å². The van der Waals surface area contributed by atoms with Crippen molar-refractivity contribution >= 4 is 17.7 Å². The molecule has 0 saturated heterocycles. The van der Waals surface area contributed by atoms with E-state index in [0.717, 1.165) is 5.56 Å². The highest BCUT2D eigenvalue weighted by molar-refractivity contribution is 5.89. The zero-order valence-corrected chi connectivity index (χ0v) is 10.5. The predicted molar refractivity (Wildman–Crippen MR) is 69.6 cm³/mol. The Balaban J connectivity index is 2.48. The van der Waals surface area contributed by atoms with Gasteiger partial charge in [0.05, 0.1) is 18.9 Å². The second kappa shape index (κ2) is 7.01. The summed E-state index contributed by atoms with van der Waals surface area (Å²) in [5, 5.41) is 22.2. The Hall–Kier alpha value is -2.55. The molecular formula is C13H15N3O3. The van der Waals surface area contributed by atoms with E-state index in [1.165, 1.54) is 0 Å². The molecule has 1 aromatic carbocycles. The normalized spacial score (nSPS) is 11.2. The summed E-state index contributed by atoms with van der Waals surface area (Å²) in [4.78, 5) is 22.0. The Morgan fingerprint density at radius 3 is 2.53 bits per heavy atom. The summed E-state index contributed by atoms with van der Waals surface area (Å²) >= 11 is 0. The quantitative estimate of drug-likeness (QED) is 0.751. The molecule has 0 spiro atoms. The molecule has 3 N–H and O–H groups in total. The van der Waals surface area contributed by atoms with Gasteiger partial charge in [-0.05, 0) is 24.6 Å². The molecule has 19 heavy (non-hydrogen) atoms. The van der Waals surface area contributed by atoms with Crippen LogP contribution in [0.3, 0.4) is 0 Å². The van der Waals surface area contributed by atoms with Crippen molar-refractivity contribution in [3.63, 3.8) is 0 Å². The fraction of sp³-hybridized carbons (Fsp3) is 0.308. The monoisotopic (exact) mass is 261 g/mol. The number of carboxylic acids is 1. The molecule has 0 aromatic heterocycles. The minimum absolute atomic E-state index is 0.130. The van der Waals surface area contributed by atoms with E-state index in [9.17, 15) is 9.59 Å². The maximum absolute atomic E-state index is 11.5. The first-order valence-corrected chi connectivity index (χ1v) is 5.76. The summed E-state index contributed by atoms with van der Waals surface area (Å²) < 4.78 is 0. The standard InChI is InChI=1S/C13H15N3O3/c1-9(8-12(17)18)15-13(19)16-11-4-2-10(3-5-11)6-7-14/h2-5,9H,6,8H2,1H3,(H,17,18)(H2,15,16,19). The zero-order valence-electron chi connectivity index (χ0n) is 10.5. The zero-order chi connectivity index (χ0) is 14.3. The number of nitriles is 1. The lowest BCUT2D eigenvalue weighted by molar-refractivity contribution is -0.137. The van der Waals surface area contributed by atoms with E-state index in [1.54, 1.807) is 31.2 Å². The topological polar surface area (TPSA) is 102 Å². The van der Waals surface area contributed by atoms with Crippen LogP contribution in [0.5, 0.6) is 0 Å². The molecule has 6 heteroatoms. The average Bonchev–Trinajstić information content (AvgIpc) is 2.30. The van der Waals surface area contributed by atoms with Gasteiger partial charge >= 0.3 is 12.0 Å². The van der Waals surface area contributed by atoms with E-state index in [4.69, 9.17) is 10.4 Å². The van der Waals surface area contributed by atoms with Crippen LogP contribution >= 0.6 is 0 Å². The summed E-state index contributed by atoms with van der Waals surface area (Å²) in [5.74, 6) is -0.964. The van der Waals surface area contributed by atoms with Gasteiger partial charge in [0, 0.05) is 11.7 Å². The van der Waals surface area contributed by atoms with E-state index in [0.29, 0.717) is 12.1 Å².